The summed E-state index contributed by atoms with van der Waals surface area (Å²) in [5, 5.41) is 2.92. The van der Waals surface area contributed by atoms with Gasteiger partial charge >= 0.3 is 0 Å². The van der Waals surface area contributed by atoms with Gasteiger partial charge < -0.3 is 19.7 Å². The molecule has 2 atom stereocenters. The van der Waals surface area contributed by atoms with Crippen LogP contribution >= 0.6 is 0 Å². The van der Waals surface area contributed by atoms with Gasteiger partial charge in [0.1, 0.15) is 24.1 Å². The Morgan fingerprint density at radius 2 is 1.52 bits per heavy atom. The van der Waals surface area contributed by atoms with Crippen LogP contribution in [0.15, 0.2) is 83.8 Å². The van der Waals surface area contributed by atoms with E-state index in [1.54, 1.807) is 74.7 Å². The van der Waals surface area contributed by atoms with Gasteiger partial charge in [-0.2, -0.15) is 0 Å². The van der Waals surface area contributed by atoms with Gasteiger partial charge in [-0.15, -0.1) is 0 Å². The first kappa shape index (κ1) is 30.5. The quantitative estimate of drug-likeness (QED) is 0.332. The summed E-state index contributed by atoms with van der Waals surface area (Å²) >= 11 is 0. The predicted octanol–water partition coefficient (Wildman–Crippen LogP) is 4.23. The van der Waals surface area contributed by atoms with Crippen LogP contribution in [0.1, 0.15) is 32.8 Å². The maximum Gasteiger partial charge on any atom is 0.264 e. The second-order valence-corrected chi connectivity index (χ2v) is 11.3. The summed E-state index contributed by atoms with van der Waals surface area (Å²) in [5.41, 5.74) is 1.02. The summed E-state index contributed by atoms with van der Waals surface area (Å²) in [6.45, 7) is 5.04. The van der Waals surface area contributed by atoms with Crippen LogP contribution in [-0.2, 0) is 26.2 Å². The highest BCUT2D eigenvalue weighted by atomic mass is 32.2. The van der Waals surface area contributed by atoms with Crippen LogP contribution in [-0.4, -0.2) is 58.0 Å². The summed E-state index contributed by atoms with van der Waals surface area (Å²) in [5.74, 6) is 0.285. The third-order valence-electron chi connectivity index (χ3n) is 6.63. The summed E-state index contributed by atoms with van der Waals surface area (Å²) < 4.78 is 39.2. The van der Waals surface area contributed by atoms with E-state index in [0.717, 1.165) is 16.3 Å². The number of benzene rings is 3. The number of ether oxygens (including phenoxy) is 2. The molecule has 0 aliphatic heterocycles. The third kappa shape index (κ3) is 7.53. The number of sulfonamides is 1. The Morgan fingerprint density at radius 1 is 0.875 bits per heavy atom. The van der Waals surface area contributed by atoms with E-state index in [2.05, 4.69) is 5.32 Å². The van der Waals surface area contributed by atoms with E-state index in [1.165, 1.54) is 24.1 Å². The molecular formula is C30H37N3O6S. The number of anilines is 1. The predicted molar refractivity (Wildman–Crippen MR) is 155 cm³/mol. The average Bonchev–Trinajstić information content (AvgIpc) is 2.98. The molecule has 1 N–H and O–H groups in total. The van der Waals surface area contributed by atoms with E-state index in [9.17, 15) is 18.0 Å². The van der Waals surface area contributed by atoms with Crippen LogP contribution in [0.2, 0.25) is 0 Å². The monoisotopic (exact) mass is 567 g/mol. The molecule has 0 heterocycles. The van der Waals surface area contributed by atoms with Gasteiger partial charge in [0.05, 0.1) is 24.8 Å². The minimum Gasteiger partial charge on any atom is -0.497 e. The number of rotatable bonds is 13. The molecule has 10 heteroatoms. The molecule has 0 aromatic heterocycles. The maximum absolute atomic E-state index is 14.0. The Balaban J connectivity index is 2.02. The summed E-state index contributed by atoms with van der Waals surface area (Å²) in [6, 6.07) is 20.6. The molecule has 0 saturated heterocycles. The number of nitrogens with one attached hydrogen (secondary N) is 1. The van der Waals surface area contributed by atoms with Gasteiger partial charge in [-0.05, 0) is 74.4 Å². The summed E-state index contributed by atoms with van der Waals surface area (Å²) in [7, 11) is -1.07. The molecule has 214 valence electrons. The fourth-order valence-electron chi connectivity index (χ4n) is 4.01. The Labute approximate surface area is 236 Å². The number of hydrogen-bond donors (Lipinski definition) is 1. The molecule has 40 heavy (non-hydrogen) atoms. The lowest BCUT2D eigenvalue weighted by molar-refractivity contribution is -0.139. The first-order valence-electron chi connectivity index (χ1n) is 13.0. The largest absolute Gasteiger partial charge is 0.497 e. The van der Waals surface area contributed by atoms with Gasteiger partial charge in [0.25, 0.3) is 10.0 Å². The van der Waals surface area contributed by atoms with Crippen LogP contribution in [0.3, 0.4) is 0 Å². The molecular weight excluding hydrogens is 530 g/mol. The molecule has 3 rings (SSSR count). The minimum atomic E-state index is -4.13. The second-order valence-electron chi connectivity index (χ2n) is 9.39. The van der Waals surface area contributed by atoms with E-state index < -0.39 is 28.5 Å². The van der Waals surface area contributed by atoms with Crippen LogP contribution < -0.4 is 19.1 Å². The summed E-state index contributed by atoms with van der Waals surface area (Å²) in [4.78, 5) is 28.5. The maximum atomic E-state index is 14.0. The molecule has 0 spiro atoms. The van der Waals surface area contributed by atoms with Crippen LogP contribution in [0.4, 0.5) is 5.69 Å². The zero-order valence-corrected chi connectivity index (χ0v) is 24.4. The molecule has 3 aromatic carbocycles. The lowest BCUT2D eigenvalue weighted by Gasteiger charge is -2.32. The van der Waals surface area contributed by atoms with E-state index in [4.69, 9.17) is 9.47 Å². The molecule has 0 fully saturated rings. The zero-order valence-electron chi connectivity index (χ0n) is 23.5. The summed E-state index contributed by atoms with van der Waals surface area (Å²) in [6.07, 6.45) is 0.725. The van der Waals surface area contributed by atoms with Crippen molar-refractivity contribution in [3.05, 3.63) is 84.4 Å². The normalized spacial score (nSPS) is 12.6. The van der Waals surface area contributed by atoms with Gasteiger partial charge in [-0.1, -0.05) is 37.3 Å². The Hall–Kier alpha value is -4.05. The van der Waals surface area contributed by atoms with Crippen LogP contribution in [0.5, 0.6) is 11.5 Å². The lowest BCUT2D eigenvalue weighted by Crippen LogP contribution is -2.52. The van der Waals surface area contributed by atoms with Crippen molar-refractivity contribution in [1.82, 2.24) is 10.2 Å². The highest BCUT2D eigenvalue weighted by Crippen LogP contribution is 2.26. The Bertz CT molecular complexity index is 1380. The topological polar surface area (TPSA) is 105 Å². The number of carbonyl (C=O) groups is 2. The molecule has 0 unspecified atom stereocenters. The fourth-order valence-corrected chi connectivity index (χ4v) is 5.45. The number of amides is 2. The van der Waals surface area contributed by atoms with Crippen molar-refractivity contribution in [2.24, 2.45) is 0 Å². The van der Waals surface area contributed by atoms with Crippen molar-refractivity contribution in [1.29, 1.82) is 0 Å². The molecule has 0 saturated carbocycles. The van der Waals surface area contributed by atoms with Gasteiger partial charge in [0.15, 0.2) is 0 Å². The molecule has 0 aliphatic rings. The smallest absolute Gasteiger partial charge is 0.264 e. The Kier molecular flexibility index (Phi) is 10.6. The Morgan fingerprint density at radius 3 is 2.12 bits per heavy atom. The van der Waals surface area contributed by atoms with Gasteiger partial charge in [0, 0.05) is 12.6 Å². The number of hydrogen-bond acceptors (Lipinski definition) is 6. The van der Waals surface area contributed by atoms with E-state index >= 15 is 0 Å². The van der Waals surface area contributed by atoms with E-state index in [1.807, 2.05) is 19.9 Å². The minimum absolute atomic E-state index is 0.0422. The lowest BCUT2D eigenvalue weighted by atomic mass is 10.1. The van der Waals surface area contributed by atoms with Crippen molar-refractivity contribution >= 4 is 27.5 Å². The van der Waals surface area contributed by atoms with Crippen molar-refractivity contribution in [3.8, 4) is 11.5 Å². The molecule has 9 nitrogen and oxygen atoms in total. The molecule has 0 radical (unpaired) electrons. The van der Waals surface area contributed by atoms with Gasteiger partial charge in [-0.3, -0.25) is 13.9 Å². The van der Waals surface area contributed by atoms with Crippen LogP contribution in [0, 0.1) is 0 Å². The molecule has 2 amide bonds. The SMILES string of the molecule is CC[C@@H](C)NC(=O)[C@@H](C)N(Cc1cccc(OC)c1)C(=O)CN(c1ccc(OC)cc1)S(=O)(=O)c1ccccc1. The highest BCUT2D eigenvalue weighted by molar-refractivity contribution is 7.92. The van der Waals surface area contributed by atoms with Crippen molar-refractivity contribution < 1.29 is 27.5 Å². The number of carbonyl (C=O) groups excluding carboxylic acids is 2. The first-order chi connectivity index (χ1) is 19.1. The molecule has 0 bridgehead atoms. The molecule has 0 aliphatic carbocycles. The standard InChI is InChI=1S/C30H37N3O6S/c1-6-22(2)31-30(35)23(3)32(20-24-11-10-12-27(19-24)39-5)29(34)21-33(25-15-17-26(38-4)18-16-25)40(36,37)28-13-8-7-9-14-28/h7-19,22-23H,6,20-21H2,1-5H3,(H,31,35)/t22-,23-/m1/s1. The third-order valence-corrected chi connectivity index (χ3v) is 8.41. The second kappa shape index (κ2) is 13.8. The van der Waals surface area contributed by atoms with Crippen molar-refractivity contribution in [2.45, 2.75) is 50.7 Å². The van der Waals surface area contributed by atoms with E-state index in [0.29, 0.717) is 11.5 Å². The first-order valence-corrected chi connectivity index (χ1v) is 14.5. The van der Waals surface area contributed by atoms with Gasteiger partial charge in [0.2, 0.25) is 11.8 Å². The van der Waals surface area contributed by atoms with Gasteiger partial charge in [-0.25, -0.2) is 8.42 Å². The number of nitrogens with zero attached hydrogens (tertiary/aromatic N) is 2. The van der Waals surface area contributed by atoms with Crippen molar-refractivity contribution in [2.75, 3.05) is 25.1 Å². The zero-order chi connectivity index (χ0) is 29.3. The van der Waals surface area contributed by atoms with Crippen molar-refractivity contribution in [3.63, 3.8) is 0 Å². The van der Waals surface area contributed by atoms with Crippen LogP contribution in [0.25, 0.3) is 0 Å². The molecule has 3 aromatic rings. The average molecular weight is 568 g/mol. The highest BCUT2D eigenvalue weighted by Gasteiger charge is 2.32. The van der Waals surface area contributed by atoms with E-state index in [-0.39, 0.29) is 29.1 Å². The fraction of sp³-hybridized carbons (Fsp3) is 0.333. The number of methoxy groups -OCH3 is 2.